The molecule has 5 nitrogen and oxygen atoms in total. The van der Waals surface area contributed by atoms with Gasteiger partial charge in [0.15, 0.2) is 16.6 Å². The van der Waals surface area contributed by atoms with Gasteiger partial charge < -0.3 is 17.8 Å². The van der Waals surface area contributed by atoms with E-state index < -0.39 is 31.4 Å². The quantitative estimate of drug-likeness (QED) is 0.173. The van der Waals surface area contributed by atoms with Gasteiger partial charge in [0.05, 0.1) is 6.61 Å². The monoisotopic (exact) mass is 420 g/mol. The Bertz CT molecular complexity index is 385. The van der Waals surface area contributed by atoms with Gasteiger partial charge in [-0.25, -0.2) is 4.79 Å². The Morgan fingerprint density at radius 1 is 0.885 bits per heavy atom. The minimum absolute atomic E-state index is 0.255. The molecule has 8 heteroatoms. The van der Waals surface area contributed by atoms with Crippen molar-refractivity contribution < 1.29 is 22.6 Å². The van der Waals surface area contributed by atoms with Crippen molar-refractivity contribution in [2.24, 2.45) is 0 Å². The Labute approximate surface area is 163 Å². The fraction of sp³-hybridized carbons (Fsp3) is 0.833. The molecule has 0 amide bonds. The number of carbonyl (C=O) groups excluding carboxylic acids is 1. The van der Waals surface area contributed by atoms with Crippen LogP contribution in [-0.4, -0.2) is 42.8 Å². The molecule has 154 valence electrons. The second-order valence-corrected chi connectivity index (χ2v) is 19.4. The van der Waals surface area contributed by atoms with E-state index in [1.54, 1.807) is 0 Å². The molecule has 0 aliphatic heterocycles. The molecule has 0 bridgehead atoms. The van der Waals surface area contributed by atoms with Gasteiger partial charge in [-0.1, -0.05) is 48.1 Å². The summed E-state index contributed by atoms with van der Waals surface area (Å²) in [6.45, 7) is 16.6. The first kappa shape index (κ1) is 25.7. The fourth-order valence-electron chi connectivity index (χ4n) is 3.26. The molecule has 0 saturated carbocycles. The molecule has 0 atom stereocenters. The van der Waals surface area contributed by atoms with Crippen LogP contribution in [0.1, 0.15) is 48.0 Å². The maximum atomic E-state index is 11.5. The summed E-state index contributed by atoms with van der Waals surface area (Å²) in [5.41, 5.74) is 0. The summed E-state index contributed by atoms with van der Waals surface area (Å²) >= 11 is 0. The van der Waals surface area contributed by atoms with Gasteiger partial charge in [0, 0.05) is 12.1 Å². The number of ether oxygens (including phenoxy) is 1. The first-order valence-electron chi connectivity index (χ1n) is 10.2. The van der Waals surface area contributed by atoms with Crippen LogP contribution in [0.15, 0.2) is 12.7 Å². The predicted octanol–water partition coefficient (Wildman–Crippen LogP) is 5.08. The third-order valence-electron chi connectivity index (χ3n) is 5.67. The number of rotatable bonds is 15. The predicted molar refractivity (Wildman–Crippen MR) is 115 cm³/mol. The van der Waals surface area contributed by atoms with Crippen molar-refractivity contribution in [1.29, 1.82) is 0 Å². The highest BCUT2D eigenvalue weighted by Gasteiger charge is 2.49. The molecule has 0 aromatic carbocycles. The third-order valence-corrected chi connectivity index (χ3v) is 20.4. The average molecular weight is 421 g/mol. The minimum atomic E-state index is -3.32. The first-order chi connectivity index (χ1) is 12.2. The zero-order valence-corrected chi connectivity index (χ0v) is 20.7. The van der Waals surface area contributed by atoms with Crippen molar-refractivity contribution in [1.82, 2.24) is 0 Å². The van der Waals surface area contributed by atoms with Crippen LogP contribution < -0.4 is 0 Å². The van der Waals surface area contributed by atoms with Crippen LogP contribution in [0, 0.1) is 0 Å². The Morgan fingerprint density at radius 2 is 1.27 bits per heavy atom. The van der Waals surface area contributed by atoms with Crippen LogP contribution in [0.5, 0.6) is 0 Å². The second-order valence-electron chi connectivity index (χ2n) is 6.88. The topological polar surface area (TPSA) is 65.0 Å². The van der Waals surface area contributed by atoms with Crippen LogP contribution in [-0.2, 0) is 17.8 Å². The van der Waals surface area contributed by atoms with Gasteiger partial charge in [-0.3, -0.25) is 0 Å². The van der Waals surface area contributed by atoms with Gasteiger partial charge in [0.25, 0.3) is 0 Å². The number of esters is 1. The van der Waals surface area contributed by atoms with E-state index in [0.29, 0.717) is 12.5 Å². The van der Waals surface area contributed by atoms with Crippen molar-refractivity contribution in [2.45, 2.75) is 90.3 Å². The molecule has 0 aromatic heterocycles. The molecule has 0 aliphatic carbocycles. The van der Waals surface area contributed by atoms with E-state index in [1.165, 1.54) is 0 Å². The van der Waals surface area contributed by atoms with Crippen molar-refractivity contribution in [3.05, 3.63) is 12.7 Å². The van der Waals surface area contributed by atoms with E-state index in [-0.39, 0.29) is 6.61 Å². The summed E-state index contributed by atoms with van der Waals surface area (Å²) in [7, 11) is -7.31. The molecule has 1 N–H and O–H groups in total. The highest BCUT2D eigenvalue weighted by atomic mass is 28.5. The smallest absolute Gasteiger partial charge is 0.463 e. The molecule has 0 radical (unpaired) electrons. The molecule has 0 unspecified atom stereocenters. The Morgan fingerprint density at radius 3 is 1.58 bits per heavy atom. The summed E-state index contributed by atoms with van der Waals surface area (Å²) in [5, 5.41) is 0. The molecule has 0 aliphatic rings. The summed E-state index contributed by atoms with van der Waals surface area (Å²) in [5.74, 6) is -0.434. The van der Waals surface area contributed by atoms with Gasteiger partial charge in [-0.05, 0) is 42.7 Å². The van der Waals surface area contributed by atoms with E-state index in [1.807, 2.05) is 0 Å². The first-order valence-corrected chi connectivity index (χ1v) is 17.2. The average Bonchev–Trinajstić information content (AvgIpc) is 2.68. The SMILES string of the molecule is C=CC(=O)OCCC[Si](O)(O[Si](CC)(CC)CC)O[Si](CC)(CC)CC. The van der Waals surface area contributed by atoms with E-state index in [2.05, 4.69) is 48.1 Å². The largest absolute Gasteiger partial charge is 0.477 e. The van der Waals surface area contributed by atoms with E-state index in [0.717, 1.165) is 42.3 Å². The van der Waals surface area contributed by atoms with E-state index in [9.17, 15) is 9.59 Å². The fourth-order valence-corrected chi connectivity index (χ4v) is 17.1. The zero-order valence-electron chi connectivity index (χ0n) is 17.7. The Kier molecular flexibility index (Phi) is 12.1. The minimum Gasteiger partial charge on any atom is -0.463 e. The summed E-state index contributed by atoms with van der Waals surface area (Å²) in [6, 6.07) is 6.30. The van der Waals surface area contributed by atoms with Crippen molar-refractivity contribution in [3.63, 3.8) is 0 Å². The van der Waals surface area contributed by atoms with Crippen LogP contribution in [0.2, 0.25) is 42.3 Å². The maximum Gasteiger partial charge on any atom is 0.477 e. The molecule has 0 spiro atoms. The Balaban J connectivity index is 5.35. The van der Waals surface area contributed by atoms with E-state index in [4.69, 9.17) is 13.0 Å². The van der Waals surface area contributed by atoms with Crippen molar-refractivity contribution >= 4 is 31.4 Å². The van der Waals surface area contributed by atoms with Crippen molar-refractivity contribution in [3.8, 4) is 0 Å². The lowest BCUT2D eigenvalue weighted by Crippen LogP contribution is -2.58. The van der Waals surface area contributed by atoms with Crippen LogP contribution >= 0.6 is 0 Å². The number of carbonyl (C=O) groups is 1. The summed E-state index contributed by atoms with van der Waals surface area (Å²) in [4.78, 5) is 22.7. The molecule has 26 heavy (non-hydrogen) atoms. The molecular weight excluding hydrogens is 380 g/mol. The van der Waals surface area contributed by atoms with Crippen LogP contribution in [0.25, 0.3) is 0 Å². The number of hydrogen-bond donors (Lipinski definition) is 1. The lowest BCUT2D eigenvalue weighted by molar-refractivity contribution is -0.137. The van der Waals surface area contributed by atoms with Gasteiger partial charge in [0.2, 0.25) is 0 Å². The molecule has 0 heterocycles. The lowest BCUT2D eigenvalue weighted by Gasteiger charge is -2.42. The maximum absolute atomic E-state index is 11.5. The van der Waals surface area contributed by atoms with Crippen molar-refractivity contribution in [2.75, 3.05) is 6.61 Å². The van der Waals surface area contributed by atoms with Crippen LogP contribution in [0.4, 0.5) is 0 Å². The van der Waals surface area contributed by atoms with Gasteiger partial charge in [-0.15, -0.1) is 0 Å². The third kappa shape index (κ3) is 7.77. The zero-order chi connectivity index (χ0) is 20.3. The van der Waals surface area contributed by atoms with Crippen LogP contribution in [0.3, 0.4) is 0 Å². The molecule has 0 fully saturated rings. The van der Waals surface area contributed by atoms with Gasteiger partial charge >= 0.3 is 14.8 Å². The van der Waals surface area contributed by atoms with Gasteiger partial charge in [0.1, 0.15) is 0 Å². The number of hydrogen-bond acceptors (Lipinski definition) is 5. The van der Waals surface area contributed by atoms with E-state index >= 15 is 0 Å². The standard InChI is InChI=1S/C18H40O5Si3/c1-8-18(19)21-16-15-17-26(20,22-24(9-2,10-3)11-4)23-25(12-5,13-6)14-7/h8,20H,1,9-17H2,2-7H3. The summed E-state index contributed by atoms with van der Waals surface area (Å²) < 4.78 is 18.2. The summed E-state index contributed by atoms with van der Waals surface area (Å²) in [6.07, 6.45) is 1.70. The second kappa shape index (κ2) is 12.2. The highest BCUT2D eigenvalue weighted by molar-refractivity contribution is 6.87. The molecule has 0 rings (SSSR count). The molecular formula is C18H40O5Si3. The highest BCUT2D eigenvalue weighted by Crippen LogP contribution is 2.33. The molecule has 0 saturated heterocycles. The van der Waals surface area contributed by atoms with Gasteiger partial charge in [-0.2, -0.15) is 0 Å². The lowest BCUT2D eigenvalue weighted by atomic mass is 10.5. The normalized spacial score (nSPS) is 12.9. The Hall–Kier alpha value is -0.259. The molecule has 0 aromatic rings.